The smallest absolute Gasteiger partial charge is 0.430 e. The lowest BCUT2D eigenvalue weighted by Crippen LogP contribution is -2.46. The van der Waals surface area contributed by atoms with Crippen LogP contribution in [0.3, 0.4) is 0 Å². The van der Waals surface area contributed by atoms with Gasteiger partial charge in [0.2, 0.25) is 0 Å². The lowest BCUT2D eigenvalue weighted by atomic mass is 9.80. The summed E-state index contributed by atoms with van der Waals surface area (Å²) in [7, 11) is -5.04. The topological polar surface area (TPSA) is 124 Å². The Hall–Kier alpha value is -3.75. The number of halogens is 3. The standard InChI is InChI=1S/C32H36ClF2N3O7S2/c1-31(2,3)44-29(39)37-25-9-7-8-21(19-10-12-20(33)13-11-19)22(25)16-43-26-14-24(35)27(15-23(26)34)47(41,42)38(28-17-46-18-36-28)30(40)45-32(4,5)6/h8,10-15,17-18,22,25H,7,9,16H2,1-6H3,(H,37,39)/t22?,25-/m1/s1. The summed E-state index contributed by atoms with van der Waals surface area (Å²) in [6.45, 7) is 9.55. The molecule has 1 aromatic heterocycles. The Kier molecular flexibility index (Phi) is 10.9. The maximum absolute atomic E-state index is 15.6. The molecule has 4 rings (SSSR count). The molecule has 3 aromatic rings. The first kappa shape index (κ1) is 36.1. The van der Waals surface area contributed by atoms with E-state index in [0.29, 0.717) is 30.0 Å². The average Bonchev–Trinajstić information content (AvgIpc) is 3.46. The lowest BCUT2D eigenvalue weighted by molar-refractivity contribution is 0.0480. The van der Waals surface area contributed by atoms with Crippen molar-refractivity contribution in [2.24, 2.45) is 5.92 Å². The number of benzene rings is 2. The summed E-state index contributed by atoms with van der Waals surface area (Å²) in [6, 6.07) is 7.56. The largest absolute Gasteiger partial charge is 0.490 e. The molecule has 2 aromatic carbocycles. The summed E-state index contributed by atoms with van der Waals surface area (Å²) >= 11 is 7.08. The highest BCUT2D eigenvalue weighted by atomic mass is 35.5. The van der Waals surface area contributed by atoms with Crippen LogP contribution in [0.25, 0.3) is 5.57 Å². The van der Waals surface area contributed by atoms with Crippen LogP contribution in [0, 0.1) is 17.6 Å². The van der Waals surface area contributed by atoms with Gasteiger partial charge in [-0.25, -0.2) is 31.8 Å². The van der Waals surface area contributed by atoms with Gasteiger partial charge in [-0.05, 0) is 77.7 Å². The zero-order chi connectivity index (χ0) is 34.7. The highest BCUT2D eigenvalue weighted by Crippen LogP contribution is 2.36. The van der Waals surface area contributed by atoms with Gasteiger partial charge < -0.3 is 19.5 Å². The molecule has 254 valence electrons. The maximum Gasteiger partial charge on any atom is 0.430 e. The van der Waals surface area contributed by atoms with Gasteiger partial charge >= 0.3 is 12.2 Å². The van der Waals surface area contributed by atoms with Crippen LogP contribution in [-0.2, 0) is 19.5 Å². The number of amides is 2. The number of hydrogen-bond acceptors (Lipinski definition) is 9. The number of carbonyl (C=O) groups is 2. The third kappa shape index (κ3) is 9.20. The molecule has 10 nitrogen and oxygen atoms in total. The van der Waals surface area contributed by atoms with Crippen LogP contribution in [0.1, 0.15) is 59.9 Å². The molecule has 47 heavy (non-hydrogen) atoms. The lowest BCUT2D eigenvalue weighted by Gasteiger charge is -2.34. The van der Waals surface area contributed by atoms with Crippen LogP contribution in [0.5, 0.6) is 5.75 Å². The van der Waals surface area contributed by atoms with Gasteiger partial charge in [0.1, 0.15) is 21.9 Å². The molecular formula is C32H36ClF2N3O7S2. The molecule has 1 N–H and O–H groups in total. The zero-order valence-electron chi connectivity index (χ0n) is 26.7. The van der Waals surface area contributed by atoms with Crippen LogP contribution in [-0.4, -0.2) is 49.4 Å². The number of aromatic nitrogens is 1. The summed E-state index contributed by atoms with van der Waals surface area (Å²) in [5.74, 6) is -4.03. The molecule has 0 spiro atoms. The molecule has 15 heteroatoms. The number of carbonyl (C=O) groups excluding carboxylic acids is 2. The fourth-order valence-corrected chi connectivity index (χ4v) is 6.87. The third-order valence-corrected chi connectivity index (χ3v) is 9.23. The van der Waals surface area contributed by atoms with E-state index in [9.17, 15) is 18.0 Å². The number of nitrogens with zero attached hydrogens (tertiary/aromatic N) is 2. The van der Waals surface area contributed by atoms with Crippen LogP contribution in [0.2, 0.25) is 5.02 Å². The van der Waals surface area contributed by atoms with E-state index in [0.717, 1.165) is 22.5 Å². The molecule has 1 unspecified atom stereocenters. The minimum Gasteiger partial charge on any atom is -0.490 e. The number of alkyl carbamates (subject to hydrolysis) is 1. The monoisotopic (exact) mass is 711 g/mol. The van der Waals surface area contributed by atoms with Gasteiger partial charge in [-0.15, -0.1) is 15.6 Å². The Morgan fingerprint density at radius 1 is 1.04 bits per heavy atom. The van der Waals surface area contributed by atoms with Gasteiger partial charge in [0.25, 0.3) is 10.0 Å². The highest BCUT2D eigenvalue weighted by Gasteiger charge is 2.39. The second-order valence-electron chi connectivity index (χ2n) is 12.7. The summed E-state index contributed by atoms with van der Waals surface area (Å²) in [6.07, 6.45) is 1.10. The second-order valence-corrected chi connectivity index (χ2v) is 15.6. The maximum atomic E-state index is 15.6. The van der Waals surface area contributed by atoms with Crippen molar-refractivity contribution >= 4 is 56.5 Å². The van der Waals surface area contributed by atoms with Crippen molar-refractivity contribution in [3.63, 3.8) is 0 Å². The van der Waals surface area contributed by atoms with Crippen LogP contribution in [0.4, 0.5) is 24.2 Å². The molecule has 0 bridgehead atoms. The number of allylic oxidation sites excluding steroid dienone is 1. The SMILES string of the molecule is CC(C)(C)OC(=O)N[C@@H]1CCC=C(c2ccc(Cl)cc2)C1COc1cc(F)c(S(=O)(=O)N(C(=O)OC(C)(C)C)c2cscn2)cc1F. The number of nitrogens with one attached hydrogen (secondary N) is 1. The average molecular weight is 712 g/mol. The number of hydrogen-bond donors (Lipinski definition) is 1. The molecule has 0 saturated heterocycles. The van der Waals surface area contributed by atoms with Gasteiger partial charge in [-0.3, -0.25) is 0 Å². The van der Waals surface area contributed by atoms with E-state index in [1.165, 1.54) is 31.7 Å². The quantitative estimate of drug-likeness (QED) is 0.250. The van der Waals surface area contributed by atoms with Crippen molar-refractivity contribution in [2.45, 2.75) is 76.5 Å². The first-order chi connectivity index (χ1) is 21.9. The zero-order valence-corrected chi connectivity index (χ0v) is 29.1. The van der Waals surface area contributed by atoms with Crippen molar-refractivity contribution in [3.05, 3.63) is 75.6 Å². The Morgan fingerprint density at radius 3 is 2.30 bits per heavy atom. The van der Waals surface area contributed by atoms with E-state index >= 15 is 8.78 Å². The van der Waals surface area contributed by atoms with E-state index in [2.05, 4.69) is 10.3 Å². The predicted molar refractivity (Wildman–Crippen MR) is 175 cm³/mol. The molecule has 2 amide bonds. The Bertz CT molecular complexity index is 1740. The van der Waals surface area contributed by atoms with Crippen molar-refractivity contribution in [1.82, 2.24) is 10.3 Å². The normalized spacial score (nSPS) is 17.0. The molecular weight excluding hydrogens is 676 g/mol. The summed E-state index contributed by atoms with van der Waals surface area (Å²) in [5, 5.41) is 4.65. The van der Waals surface area contributed by atoms with Crippen LogP contribution < -0.4 is 14.4 Å². The molecule has 0 radical (unpaired) electrons. The minimum atomic E-state index is -5.04. The van der Waals surface area contributed by atoms with Gasteiger partial charge in [0.15, 0.2) is 17.4 Å². The molecule has 1 aliphatic rings. The number of thiazole rings is 1. The molecule has 0 aliphatic heterocycles. The van der Waals surface area contributed by atoms with Gasteiger partial charge in [-0.2, -0.15) is 0 Å². The van der Waals surface area contributed by atoms with Gasteiger partial charge in [0.05, 0.1) is 12.1 Å². The van der Waals surface area contributed by atoms with E-state index in [1.807, 2.05) is 6.08 Å². The van der Waals surface area contributed by atoms with Gasteiger partial charge in [0, 0.05) is 34.5 Å². The minimum absolute atomic E-state index is 0.186. The van der Waals surface area contributed by atoms with E-state index in [-0.39, 0.29) is 16.7 Å². The van der Waals surface area contributed by atoms with Crippen molar-refractivity contribution in [2.75, 3.05) is 10.9 Å². The summed E-state index contributed by atoms with van der Waals surface area (Å²) < 4.78 is 74.9. The predicted octanol–water partition coefficient (Wildman–Crippen LogP) is 7.97. The molecule has 1 aliphatic carbocycles. The summed E-state index contributed by atoms with van der Waals surface area (Å²) in [4.78, 5) is 28.4. The van der Waals surface area contributed by atoms with Gasteiger partial charge in [-0.1, -0.05) is 29.8 Å². The first-order valence-corrected chi connectivity index (χ1v) is 17.4. The Labute approximate surface area is 281 Å². The van der Waals surface area contributed by atoms with E-state index in [4.69, 9.17) is 25.8 Å². The number of anilines is 1. The third-order valence-electron chi connectivity index (χ3n) is 6.72. The highest BCUT2D eigenvalue weighted by molar-refractivity contribution is 7.93. The second kappa shape index (κ2) is 14.2. The van der Waals surface area contributed by atoms with Crippen molar-refractivity contribution in [1.29, 1.82) is 0 Å². The number of ether oxygens (including phenoxy) is 3. The number of sulfonamides is 1. The first-order valence-electron chi connectivity index (χ1n) is 14.6. The van der Waals surface area contributed by atoms with Crippen LogP contribution in [0.15, 0.2) is 58.3 Å². The van der Waals surface area contributed by atoms with Crippen molar-refractivity contribution in [3.8, 4) is 5.75 Å². The Morgan fingerprint density at radius 2 is 1.70 bits per heavy atom. The fourth-order valence-electron chi connectivity index (χ4n) is 4.82. The van der Waals surface area contributed by atoms with Crippen LogP contribution >= 0.6 is 22.9 Å². The number of rotatable bonds is 8. The molecule has 0 fully saturated rings. The Balaban J connectivity index is 1.64. The van der Waals surface area contributed by atoms with E-state index < -0.39 is 67.7 Å². The fraction of sp³-hybridized carbons (Fsp3) is 0.406. The molecule has 1 heterocycles. The summed E-state index contributed by atoms with van der Waals surface area (Å²) in [5.41, 5.74) is 0.998. The molecule has 0 saturated carbocycles. The van der Waals surface area contributed by atoms with Crippen molar-refractivity contribution < 1.29 is 41.0 Å². The van der Waals surface area contributed by atoms with E-state index in [1.54, 1.807) is 45.0 Å². The molecule has 2 atom stereocenters.